The van der Waals surface area contributed by atoms with Gasteiger partial charge in [0.15, 0.2) is 0 Å². The second-order valence-corrected chi connectivity index (χ2v) is 6.54. The highest BCUT2D eigenvalue weighted by atomic mass is 16.5. The van der Waals surface area contributed by atoms with Crippen LogP contribution in [0.2, 0.25) is 0 Å². The minimum absolute atomic E-state index is 0.0737. The molecule has 0 saturated heterocycles. The van der Waals surface area contributed by atoms with Crippen LogP contribution in [0.3, 0.4) is 0 Å². The molecule has 1 amide bonds. The van der Waals surface area contributed by atoms with Crippen molar-refractivity contribution < 1.29 is 9.53 Å². The molecule has 0 fully saturated rings. The predicted molar refractivity (Wildman–Crippen MR) is 109 cm³/mol. The second kappa shape index (κ2) is 8.41. The van der Waals surface area contributed by atoms with Crippen molar-refractivity contribution in [3.8, 4) is 23.0 Å². The van der Waals surface area contributed by atoms with Crippen molar-refractivity contribution in [2.24, 2.45) is 0 Å². The van der Waals surface area contributed by atoms with Crippen molar-refractivity contribution in [1.82, 2.24) is 10.3 Å². The minimum Gasteiger partial charge on any atom is -0.449 e. The van der Waals surface area contributed by atoms with Crippen LogP contribution in [0.15, 0.2) is 73.1 Å². The lowest BCUT2D eigenvalue weighted by atomic mass is 9.98. The second-order valence-electron chi connectivity index (χ2n) is 6.54. The first kappa shape index (κ1) is 17.8. The fraction of sp³-hybridized carbons (Fsp3) is 0.167. The molecule has 1 aliphatic rings. The van der Waals surface area contributed by atoms with Gasteiger partial charge in [-0.15, -0.1) is 0 Å². The number of hydrogen-bond acceptors (Lipinski definition) is 3. The van der Waals surface area contributed by atoms with E-state index in [9.17, 15) is 4.79 Å². The van der Waals surface area contributed by atoms with Crippen LogP contribution in [0.5, 0.6) is 0 Å². The van der Waals surface area contributed by atoms with Crippen molar-refractivity contribution in [3.63, 3.8) is 0 Å². The molecule has 3 aromatic rings. The van der Waals surface area contributed by atoms with Crippen molar-refractivity contribution in [2.75, 3.05) is 13.2 Å². The van der Waals surface area contributed by atoms with Gasteiger partial charge in [0, 0.05) is 36.8 Å². The summed E-state index contributed by atoms with van der Waals surface area (Å²) in [6, 6.07) is 20.3. The van der Waals surface area contributed by atoms with E-state index in [0.717, 1.165) is 5.56 Å². The van der Waals surface area contributed by atoms with E-state index in [1.54, 1.807) is 12.4 Å². The van der Waals surface area contributed by atoms with Gasteiger partial charge in [0.2, 0.25) is 0 Å². The molecule has 4 nitrogen and oxygen atoms in total. The lowest BCUT2D eigenvalue weighted by molar-refractivity contribution is 0.143. The number of nitrogens with one attached hydrogen (secondary N) is 1. The van der Waals surface area contributed by atoms with E-state index < -0.39 is 6.09 Å². The van der Waals surface area contributed by atoms with Crippen LogP contribution in [0.25, 0.3) is 11.1 Å². The standard InChI is InChI=1S/C24H20N2O2/c27-24(26-14-6-5-7-18-12-15-25-16-13-18)28-17-23-21-10-3-1-8-19(21)20-9-2-4-11-22(20)23/h1-4,8-13,15-16,23H,6,14,17H2,(H,26,27). The largest absolute Gasteiger partial charge is 0.449 e. The molecule has 0 spiro atoms. The molecule has 1 aromatic heterocycles. The Bertz CT molecular complexity index is 989. The van der Waals surface area contributed by atoms with E-state index >= 15 is 0 Å². The number of pyridine rings is 1. The highest BCUT2D eigenvalue weighted by molar-refractivity contribution is 5.79. The molecule has 28 heavy (non-hydrogen) atoms. The summed E-state index contributed by atoms with van der Waals surface area (Å²) in [7, 11) is 0. The molecule has 1 N–H and O–H groups in total. The first-order valence-electron chi connectivity index (χ1n) is 9.30. The molecule has 0 bridgehead atoms. The lowest BCUT2D eigenvalue weighted by Crippen LogP contribution is -2.26. The molecule has 0 unspecified atom stereocenters. The summed E-state index contributed by atoms with van der Waals surface area (Å²) in [5, 5.41) is 2.76. The van der Waals surface area contributed by atoms with E-state index in [1.165, 1.54) is 22.3 Å². The smallest absolute Gasteiger partial charge is 0.407 e. The average Bonchev–Trinajstić information content (AvgIpc) is 3.07. The first-order chi connectivity index (χ1) is 13.8. The van der Waals surface area contributed by atoms with Gasteiger partial charge in [-0.1, -0.05) is 60.4 Å². The van der Waals surface area contributed by atoms with Crippen LogP contribution in [-0.4, -0.2) is 24.2 Å². The third-order valence-electron chi connectivity index (χ3n) is 4.78. The molecule has 4 heteroatoms. The van der Waals surface area contributed by atoms with Gasteiger partial charge in [-0.3, -0.25) is 4.98 Å². The SMILES string of the molecule is O=C(NCCC#Cc1ccncc1)OCC1c2ccccc2-c2ccccc21. The molecule has 0 aliphatic heterocycles. The maximum absolute atomic E-state index is 12.1. The molecule has 1 heterocycles. The van der Waals surface area contributed by atoms with E-state index in [2.05, 4.69) is 46.4 Å². The van der Waals surface area contributed by atoms with E-state index in [1.807, 2.05) is 36.4 Å². The molecule has 2 aromatic carbocycles. The van der Waals surface area contributed by atoms with Gasteiger partial charge in [-0.2, -0.15) is 0 Å². The van der Waals surface area contributed by atoms with Gasteiger partial charge in [0.05, 0.1) is 0 Å². The normalized spacial score (nSPS) is 11.7. The van der Waals surface area contributed by atoms with Crippen molar-refractivity contribution in [2.45, 2.75) is 12.3 Å². The maximum atomic E-state index is 12.1. The van der Waals surface area contributed by atoms with E-state index in [4.69, 9.17) is 4.74 Å². The number of alkyl carbamates (subject to hydrolysis) is 1. The van der Waals surface area contributed by atoms with Crippen molar-refractivity contribution in [1.29, 1.82) is 0 Å². The van der Waals surface area contributed by atoms with Crippen molar-refractivity contribution in [3.05, 3.63) is 89.7 Å². The monoisotopic (exact) mass is 368 g/mol. The number of fused-ring (bicyclic) bond motifs is 3. The summed E-state index contributed by atoms with van der Waals surface area (Å²) in [4.78, 5) is 16.0. The fourth-order valence-electron chi connectivity index (χ4n) is 3.48. The number of carbonyl (C=O) groups is 1. The zero-order valence-electron chi connectivity index (χ0n) is 15.4. The Morgan fingerprint density at radius 1 is 0.964 bits per heavy atom. The number of hydrogen-bond donors (Lipinski definition) is 1. The van der Waals surface area contributed by atoms with Crippen LogP contribution in [0.1, 0.15) is 29.0 Å². The first-order valence-corrected chi connectivity index (χ1v) is 9.30. The Kier molecular flexibility index (Phi) is 5.35. The fourth-order valence-corrected chi connectivity index (χ4v) is 3.48. The zero-order valence-corrected chi connectivity index (χ0v) is 15.4. The molecule has 1 aliphatic carbocycles. The molecule has 4 rings (SSSR count). The lowest BCUT2D eigenvalue weighted by Gasteiger charge is -2.14. The Morgan fingerprint density at radius 3 is 2.29 bits per heavy atom. The molecular formula is C24H20N2O2. The van der Waals surface area contributed by atoms with Crippen molar-refractivity contribution >= 4 is 6.09 Å². The minimum atomic E-state index is -0.410. The summed E-state index contributed by atoms with van der Waals surface area (Å²) in [6.45, 7) is 0.775. The highest BCUT2D eigenvalue weighted by Crippen LogP contribution is 2.44. The average molecular weight is 368 g/mol. The summed E-state index contributed by atoms with van der Waals surface area (Å²) < 4.78 is 5.50. The summed E-state index contributed by atoms with van der Waals surface area (Å²) in [5.74, 6) is 6.14. The zero-order chi connectivity index (χ0) is 19.2. The summed E-state index contributed by atoms with van der Waals surface area (Å²) >= 11 is 0. The number of aromatic nitrogens is 1. The number of ether oxygens (including phenoxy) is 1. The van der Waals surface area contributed by atoms with Crippen LogP contribution < -0.4 is 5.32 Å². The van der Waals surface area contributed by atoms with Gasteiger partial charge >= 0.3 is 6.09 Å². The van der Waals surface area contributed by atoms with E-state index in [0.29, 0.717) is 19.6 Å². The van der Waals surface area contributed by atoms with Crippen LogP contribution >= 0.6 is 0 Å². The highest BCUT2D eigenvalue weighted by Gasteiger charge is 2.28. The molecular weight excluding hydrogens is 348 g/mol. The quantitative estimate of drug-likeness (QED) is 0.550. The van der Waals surface area contributed by atoms with Crippen LogP contribution in [0.4, 0.5) is 4.79 Å². The van der Waals surface area contributed by atoms with Gasteiger partial charge in [0.25, 0.3) is 0 Å². The topological polar surface area (TPSA) is 51.2 Å². The van der Waals surface area contributed by atoms with E-state index in [-0.39, 0.29) is 5.92 Å². The van der Waals surface area contributed by atoms with Crippen LogP contribution in [0, 0.1) is 11.8 Å². The van der Waals surface area contributed by atoms with Gasteiger partial charge < -0.3 is 10.1 Å². The number of rotatable bonds is 4. The van der Waals surface area contributed by atoms with Gasteiger partial charge in [-0.25, -0.2) is 4.79 Å². The molecule has 138 valence electrons. The summed E-state index contributed by atoms with van der Waals surface area (Å²) in [5.41, 5.74) is 5.77. The molecule has 0 radical (unpaired) electrons. The molecule has 0 saturated carbocycles. The number of amides is 1. The van der Waals surface area contributed by atoms with Crippen LogP contribution in [-0.2, 0) is 4.74 Å². The van der Waals surface area contributed by atoms with Gasteiger partial charge in [-0.05, 0) is 34.4 Å². The third kappa shape index (κ3) is 3.89. The Hall–Kier alpha value is -3.58. The van der Waals surface area contributed by atoms with Gasteiger partial charge in [0.1, 0.15) is 6.61 Å². The third-order valence-corrected chi connectivity index (χ3v) is 4.78. The number of carbonyl (C=O) groups excluding carboxylic acids is 1. The Balaban J connectivity index is 1.30. The maximum Gasteiger partial charge on any atom is 0.407 e. The number of nitrogens with zero attached hydrogens (tertiary/aromatic N) is 1. The summed E-state index contributed by atoms with van der Waals surface area (Å²) in [6.07, 6.45) is 3.57. The Labute approximate surface area is 164 Å². The molecule has 0 atom stereocenters. The predicted octanol–water partition coefficient (Wildman–Crippen LogP) is 4.36. The number of benzene rings is 2. The Morgan fingerprint density at radius 2 is 1.61 bits per heavy atom.